The molecule has 1 aromatic carbocycles. The van der Waals surface area contributed by atoms with Crippen molar-refractivity contribution in [3.63, 3.8) is 0 Å². The first-order chi connectivity index (χ1) is 6.58. The first-order valence-corrected chi connectivity index (χ1v) is 6.34. The molecule has 1 aromatic heterocycles. The van der Waals surface area contributed by atoms with Gasteiger partial charge in [-0.3, -0.25) is 0 Å². The van der Waals surface area contributed by atoms with Crippen LogP contribution in [0.3, 0.4) is 0 Å². The summed E-state index contributed by atoms with van der Waals surface area (Å²) in [6, 6.07) is 4.48. The third-order valence-corrected chi connectivity index (χ3v) is 4.25. The molecule has 0 atom stereocenters. The molecule has 74 valence electrons. The number of hydrogen-bond acceptors (Lipinski definition) is 2. The number of rotatable bonds is 1. The van der Waals surface area contributed by atoms with Crippen LogP contribution in [0.4, 0.5) is 5.69 Å². The van der Waals surface area contributed by atoms with Crippen molar-refractivity contribution in [1.29, 1.82) is 0 Å². The number of aryl methyl sites for hydroxylation is 2. The third kappa shape index (κ3) is 1.58. The van der Waals surface area contributed by atoms with E-state index >= 15 is 0 Å². The number of fused-ring (bicyclic) bond motifs is 1. The summed E-state index contributed by atoms with van der Waals surface area (Å²) in [6.07, 6.45) is 0. The van der Waals surface area contributed by atoms with Gasteiger partial charge in [0.25, 0.3) is 0 Å². The topological polar surface area (TPSA) is 16.1 Å². The predicted octanol–water partition coefficient (Wildman–Crippen LogP) is 1.97. The van der Waals surface area contributed by atoms with E-state index in [4.69, 9.17) is 0 Å². The van der Waals surface area contributed by atoms with E-state index in [-0.39, 0.29) is 0 Å². The van der Waals surface area contributed by atoms with Gasteiger partial charge in [-0.25, -0.2) is 0 Å². The fourth-order valence-electron chi connectivity index (χ4n) is 1.66. The molecule has 0 aliphatic carbocycles. The van der Waals surface area contributed by atoms with Crippen LogP contribution < -0.4 is 4.90 Å². The van der Waals surface area contributed by atoms with Crippen LogP contribution in [-0.4, -0.2) is 33.6 Å². The zero-order valence-corrected chi connectivity index (χ0v) is 10.7. The number of hydrogen-bond donors (Lipinski definition) is 0. The van der Waals surface area contributed by atoms with Gasteiger partial charge in [-0.15, -0.1) is 0 Å². The molecule has 0 N–H and O–H groups in total. The van der Waals surface area contributed by atoms with Gasteiger partial charge in [0.1, 0.15) is 0 Å². The molecule has 0 aliphatic heterocycles. The first kappa shape index (κ1) is 9.75. The number of aromatic nitrogens is 1. The maximum absolute atomic E-state index is 4.54. The zero-order valence-electron chi connectivity index (χ0n) is 8.96. The standard InChI is InChI=1S/C11H14N2Se/c1-7-5-9-11(14-8(2)12-9)6-10(7)13(3)4/h5-6H,1-4H3. The number of anilines is 1. The molecule has 2 rings (SSSR count). The summed E-state index contributed by atoms with van der Waals surface area (Å²) in [4.78, 5) is 6.71. The zero-order chi connectivity index (χ0) is 10.3. The maximum atomic E-state index is 4.54. The molecule has 0 saturated heterocycles. The van der Waals surface area contributed by atoms with Crippen molar-refractivity contribution in [3.8, 4) is 0 Å². The molecule has 2 aromatic rings. The van der Waals surface area contributed by atoms with Crippen LogP contribution in [0.25, 0.3) is 9.78 Å². The molecule has 0 spiro atoms. The molecule has 1 heterocycles. The number of benzene rings is 1. The summed E-state index contributed by atoms with van der Waals surface area (Å²) in [6.45, 7) is 4.26. The Balaban J connectivity index is 2.70. The molecule has 3 heteroatoms. The van der Waals surface area contributed by atoms with Gasteiger partial charge in [-0.1, -0.05) is 0 Å². The van der Waals surface area contributed by atoms with E-state index in [1.807, 2.05) is 0 Å². The molecule has 2 nitrogen and oxygen atoms in total. The Morgan fingerprint density at radius 2 is 1.93 bits per heavy atom. The van der Waals surface area contributed by atoms with E-state index in [1.54, 1.807) is 0 Å². The Bertz CT molecular complexity index is 471. The molecule has 0 radical (unpaired) electrons. The SMILES string of the molecule is Cc1nc2cc(C)c(N(C)C)cc2[se]1. The van der Waals surface area contributed by atoms with Gasteiger partial charge in [0.2, 0.25) is 0 Å². The summed E-state index contributed by atoms with van der Waals surface area (Å²) in [5, 5.41) is 0. The second-order valence-corrected chi connectivity index (χ2v) is 6.32. The molecule has 0 amide bonds. The van der Waals surface area contributed by atoms with Crippen LogP contribution >= 0.6 is 0 Å². The molecule has 0 saturated carbocycles. The van der Waals surface area contributed by atoms with Crippen LogP contribution in [0.2, 0.25) is 0 Å². The van der Waals surface area contributed by atoms with Gasteiger partial charge < -0.3 is 0 Å². The fraction of sp³-hybridized carbons (Fsp3) is 0.364. The Kier molecular flexibility index (Phi) is 2.38. The summed E-state index contributed by atoms with van der Waals surface area (Å²) >= 11 is 0.452. The fourth-order valence-corrected chi connectivity index (χ4v) is 3.43. The van der Waals surface area contributed by atoms with Gasteiger partial charge in [0.15, 0.2) is 0 Å². The second-order valence-electron chi connectivity index (χ2n) is 3.73. The third-order valence-electron chi connectivity index (χ3n) is 2.29. The van der Waals surface area contributed by atoms with Crippen molar-refractivity contribution >= 4 is 30.0 Å². The van der Waals surface area contributed by atoms with E-state index < -0.39 is 0 Å². The Hall–Kier alpha value is -0.791. The van der Waals surface area contributed by atoms with E-state index in [2.05, 4.69) is 50.0 Å². The van der Waals surface area contributed by atoms with Crippen molar-refractivity contribution < 1.29 is 0 Å². The summed E-state index contributed by atoms with van der Waals surface area (Å²) in [7, 11) is 4.18. The second kappa shape index (κ2) is 3.41. The summed E-state index contributed by atoms with van der Waals surface area (Å²) in [5.41, 5.74) is 3.81. The van der Waals surface area contributed by atoms with Crippen LogP contribution in [-0.2, 0) is 0 Å². The minimum atomic E-state index is 0.452. The van der Waals surface area contributed by atoms with E-state index in [0.29, 0.717) is 14.5 Å². The van der Waals surface area contributed by atoms with Crippen molar-refractivity contribution in [1.82, 2.24) is 4.98 Å². The van der Waals surface area contributed by atoms with Crippen LogP contribution in [0.5, 0.6) is 0 Å². The Labute approximate surface area is 90.3 Å². The summed E-state index contributed by atoms with van der Waals surface area (Å²) < 4.78 is 2.70. The van der Waals surface area contributed by atoms with Crippen molar-refractivity contribution in [3.05, 3.63) is 22.3 Å². The van der Waals surface area contributed by atoms with Crippen molar-refractivity contribution in [2.75, 3.05) is 19.0 Å². The van der Waals surface area contributed by atoms with E-state index in [9.17, 15) is 0 Å². The van der Waals surface area contributed by atoms with E-state index in [1.165, 1.54) is 25.6 Å². The van der Waals surface area contributed by atoms with Gasteiger partial charge >= 0.3 is 90.1 Å². The molecule has 0 aliphatic rings. The normalized spacial score (nSPS) is 10.9. The Morgan fingerprint density at radius 1 is 1.21 bits per heavy atom. The molecular weight excluding hydrogens is 239 g/mol. The van der Waals surface area contributed by atoms with Gasteiger partial charge in [0, 0.05) is 0 Å². The quantitative estimate of drug-likeness (QED) is 0.722. The van der Waals surface area contributed by atoms with Crippen LogP contribution in [0.15, 0.2) is 12.1 Å². The first-order valence-electron chi connectivity index (χ1n) is 4.63. The predicted molar refractivity (Wildman–Crippen MR) is 62.5 cm³/mol. The molecule has 0 fully saturated rings. The Morgan fingerprint density at radius 3 is 2.57 bits per heavy atom. The molecular formula is C11H14N2Se. The van der Waals surface area contributed by atoms with Crippen LogP contribution in [0.1, 0.15) is 10.1 Å². The van der Waals surface area contributed by atoms with Crippen molar-refractivity contribution in [2.45, 2.75) is 13.8 Å². The van der Waals surface area contributed by atoms with E-state index in [0.717, 1.165) is 0 Å². The van der Waals surface area contributed by atoms with Gasteiger partial charge in [0.05, 0.1) is 0 Å². The average Bonchev–Trinajstić information content (AvgIpc) is 2.42. The monoisotopic (exact) mass is 254 g/mol. The minimum absolute atomic E-state index is 0.452. The summed E-state index contributed by atoms with van der Waals surface area (Å²) in [5.74, 6) is 0. The van der Waals surface area contributed by atoms with Gasteiger partial charge in [-0.2, -0.15) is 0 Å². The van der Waals surface area contributed by atoms with Crippen molar-refractivity contribution in [2.24, 2.45) is 0 Å². The molecule has 0 unspecified atom stereocenters. The molecule has 0 bridgehead atoms. The van der Waals surface area contributed by atoms with Gasteiger partial charge in [-0.05, 0) is 0 Å². The average molecular weight is 253 g/mol. The van der Waals surface area contributed by atoms with Crippen LogP contribution in [0, 0.1) is 13.8 Å². The number of nitrogens with zero attached hydrogens (tertiary/aromatic N) is 2. The molecule has 14 heavy (non-hydrogen) atoms.